The summed E-state index contributed by atoms with van der Waals surface area (Å²) in [5.74, 6) is -4.18. The van der Waals surface area contributed by atoms with Crippen molar-refractivity contribution in [3.63, 3.8) is 0 Å². The Labute approximate surface area is 302 Å². The first-order valence-electron chi connectivity index (χ1n) is 17.7. The van der Waals surface area contributed by atoms with Gasteiger partial charge in [-0.2, -0.15) is 0 Å². The van der Waals surface area contributed by atoms with E-state index in [1.165, 1.54) is 13.8 Å². The number of aliphatic hydroxyl groups is 2. The molecule has 12 heteroatoms. The third-order valence-electron chi connectivity index (χ3n) is 12.1. The Balaban J connectivity index is 1.47. The second-order valence-electron chi connectivity index (χ2n) is 15.4. The molecule has 278 valence electrons. The molecule has 0 spiro atoms. The van der Waals surface area contributed by atoms with Gasteiger partial charge in [0, 0.05) is 37.5 Å². The molecule has 1 saturated heterocycles. The van der Waals surface area contributed by atoms with Gasteiger partial charge in [-0.25, -0.2) is 9.59 Å². The molecular formula is C40H47NO11. The number of carbonyl (C=O) groups is 5. The van der Waals surface area contributed by atoms with Crippen molar-refractivity contribution in [1.82, 2.24) is 5.32 Å². The molecule has 1 amide bonds. The minimum Gasteiger partial charge on any atom is -0.456 e. The number of rotatable bonds is 8. The summed E-state index contributed by atoms with van der Waals surface area (Å²) in [6, 6.07) is 15.6. The molecule has 1 aliphatic heterocycles. The van der Waals surface area contributed by atoms with E-state index in [0.29, 0.717) is 29.6 Å². The highest BCUT2D eigenvalue weighted by atomic mass is 16.6. The predicted octanol–water partition coefficient (Wildman–Crippen LogP) is 3.93. The normalized spacial score (nSPS) is 33.0. The van der Waals surface area contributed by atoms with E-state index >= 15 is 0 Å². The number of carbonyl (C=O) groups excluding carboxylic acids is 5. The average Bonchev–Trinajstić information content (AvgIpc) is 3.09. The van der Waals surface area contributed by atoms with E-state index in [1.807, 2.05) is 0 Å². The minimum atomic E-state index is -2.02. The number of Topliss-reactive ketones (excluding diaryl/α,β-unsaturated/α-hetero) is 1. The third kappa shape index (κ3) is 6.04. The van der Waals surface area contributed by atoms with Gasteiger partial charge in [0.15, 0.2) is 11.7 Å². The van der Waals surface area contributed by atoms with Crippen LogP contribution in [-0.2, 0) is 38.1 Å². The summed E-state index contributed by atoms with van der Waals surface area (Å²) in [6.45, 7) is 9.47. The fraction of sp³-hybridized carbons (Fsp3) is 0.525. The topological polar surface area (TPSA) is 175 Å². The first-order valence-corrected chi connectivity index (χ1v) is 17.7. The van der Waals surface area contributed by atoms with Crippen LogP contribution in [0.4, 0.5) is 0 Å². The van der Waals surface area contributed by atoms with Gasteiger partial charge in [-0.3, -0.25) is 14.4 Å². The zero-order chi connectivity index (χ0) is 37.8. The molecule has 3 aliphatic carbocycles. The zero-order valence-corrected chi connectivity index (χ0v) is 30.3. The smallest absolute Gasteiger partial charge is 0.338 e. The molecule has 9 atom stereocenters. The molecule has 0 radical (unpaired) electrons. The van der Waals surface area contributed by atoms with E-state index in [-0.39, 0.29) is 30.8 Å². The largest absolute Gasteiger partial charge is 0.456 e. The van der Waals surface area contributed by atoms with Crippen molar-refractivity contribution in [2.75, 3.05) is 6.61 Å². The molecule has 2 aromatic rings. The van der Waals surface area contributed by atoms with Gasteiger partial charge in [-0.05, 0) is 43.0 Å². The average molecular weight is 718 g/mol. The summed E-state index contributed by atoms with van der Waals surface area (Å²) in [5, 5.41) is 27.3. The van der Waals surface area contributed by atoms with Crippen molar-refractivity contribution in [3.8, 4) is 0 Å². The Kier molecular flexibility index (Phi) is 9.73. The summed E-state index contributed by atoms with van der Waals surface area (Å²) in [6.07, 6.45) is -4.79. The first kappa shape index (κ1) is 37.4. The van der Waals surface area contributed by atoms with Crippen LogP contribution in [0, 0.1) is 16.7 Å². The molecule has 2 bridgehead atoms. The Morgan fingerprint density at radius 1 is 0.962 bits per heavy atom. The highest BCUT2D eigenvalue weighted by Gasteiger charge is 2.75. The summed E-state index contributed by atoms with van der Waals surface area (Å²) >= 11 is 0. The number of hydrogen-bond acceptors (Lipinski definition) is 11. The maximum absolute atomic E-state index is 14.7. The van der Waals surface area contributed by atoms with Crippen molar-refractivity contribution < 1.29 is 53.1 Å². The molecule has 0 aromatic heterocycles. The van der Waals surface area contributed by atoms with Gasteiger partial charge in [-0.15, -0.1) is 0 Å². The van der Waals surface area contributed by atoms with Gasteiger partial charge in [0.05, 0.1) is 24.1 Å². The quantitative estimate of drug-likeness (QED) is 0.205. The van der Waals surface area contributed by atoms with Crippen LogP contribution < -0.4 is 5.32 Å². The Morgan fingerprint density at radius 3 is 2.17 bits per heavy atom. The van der Waals surface area contributed by atoms with Crippen LogP contribution in [0.25, 0.3) is 0 Å². The highest BCUT2D eigenvalue weighted by molar-refractivity contribution is 5.91. The fourth-order valence-corrected chi connectivity index (χ4v) is 9.17. The lowest BCUT2D eigenvalue weighted by Crippen LogP contribution is -2.78. The van der Waals surface area contributed by atoms with Crippen molar-refractivity contribution in [2.24, 2.45) is 16.7 Å². The van der Waals surface area contributed by atoms with Crippen LogP contribution in [0.1, 0.15) is 89.2 Å². The van der Waals surface area contributed by atoms with Gasteiger partial charge < -0.3 is 34.5 Å². The van der Waals surface area contributed by atoms with Gasteiger partial charge in [0.2, 0.25) is 5.91 Å². The van der Waals surface area contributed by atoms with Crippen LogP contribution in [0.15, 0.2) is 71.8 Å². The van der Waals surface area contributed by atoms with E-state index in [2.05, 4.69) is 5.32 Å². The van der Waals surface area contributed by atoms with Gasteiger partial charge in [0.1, 0.15) is 29.7 Å². The molecule has 12 nitrogen and oxygen atoms in total. The minimum absolute atomic E-state index is 0.0724. The molecule has 2 saturated carbocycles. The molecule has 52 heavy (non-hydrogen) atoms. The van der Waals surface area contributed by atoms with Crippen molar-refractivity contribution >= 4 is 29.6 Å². The number of amides is 1. The monoisotopic (exact) mass is 717 g/mol. The summed E-state index contributed by atoms with van der Waals surface area (Å²) in [4.78, 5) is 67.4. The standard InChI is InChI=1S/C40H47NO11/c1-22-27-19-29(44)38(6)18-17-30-39(21-49-30,52-24(3)43)33(38)34(51-35(46)26-15-11-8-12-16-26)40(48,37(27,4)5)20-28(22)50-36(47)32(45)31(41-23(2)42)25-13-9-7-10-14-25/h7-16,28,30-34,45,48H,17-21H2,1-6H3,(H,41,42)/t28?,30?,31?,32?,33?,34?,38-,39?,40?/m0/s1. The molecule has 1 heterocycles. The molecular weight excluding hydrogens is 670 g/mol. The van der Waals surface area contributed by atoms with Crippen molar-refractivity contribution in [1.29, 1.82) is 0 Å². The SMILES string of the molecule is CC(=O)NC(c1ccccc1)C(O)C(=O)OC1CC2(O)C(OC(=O)c3ccccc3)C3C4(OC(C)=O)COC4CC[C@@]3(C)C(=O)CC(=C1C)C2(C)C. The van der Waals surface area contributed by atoms with Crippen LogP contribution in [0.5, 0.6) is 0 Å². The first-order chi connectivity index (χ1) is 24.5. The number of ether oxygens (including phenoxy) is 4. The Hall–Kier alpha value is -4.39. The summed E-state index contributed by atoms with van der Waals surface area (Å²) in [5.41, 5.74) is -4.19. The second-order valence-corrected chi connectivity index (χ2v) is 15.4. The lowest BCUT2D eigenvalue weighted by atomic mass is 9.46. The van der Waals surface area contributed by atoms with E-state index in [4.69, 9.17) is 18.9 Å². The molecule has 4 aliphatic rings. The number of fused-ring (bicyclic) bond motifs is 5. The van der Waals surface area contributed by atoms with Gasteiger partial charge in [-0.1, -0.05) is 74.9 Å². The molecule has 3 fully saturated rings. The number of esters is 3. The lowest BCUT2D eigenvalue weighted by molar-refractivity contribution is -0.331. The Bertz CT molecular complexity index is 1790. The maximum atomic E-state index is 14.7. The van der Waals surface area contributed by atoms with Gasteiger partial charge in [0.25, 0.3) is 0 Å². The lowest BCUT2D eigenvalue weighted by Gasteiger charge is -2.66. The van der Waals surface area contributed by atoms with Crippen LogP contribution in [-0.4, -0.2) is 82.0 Å². The van der Waals surface area contributed by atoms with Crippen LogP contribution >= 0.6 is 0 Å². The van der Waals surface area contributed by atoms with Crippen molar-refractivity contribution in [3.05, 3.63) is 82.9 Å². The van der Waals surface area contributed by atoms with Gasteiger partial charge >= 0.3 is 17.9 Å². The number of hydrogen-bond donors (Lipinski definition) is 3. The third-order valence-corrected chi connectivity index (χ3v) is 12.1. The second kappa shape index (κ2) is 13.5. The molecule has 2 aromatic carbocycles. The number of nitrogens with one attached hydrogen (secondary N) is 1. The van der Waals surface area contributed by atoms with E-state index in [9.17, 15) is 34.2 Å². The summed E-state index contributed by atoms with van der Waals surface area (Å²) in [7, 11) is 0. The molecule has 6 rings (SSSR count). The molecule has 8 unspecified atom stereocenters. The maximum Gasteiger partial charge on any atom is 0.338 e. The Morgan fingerprint density at radius 2 is 1.60 bits per heavy atom. The van der Waals surface area contributed by atoms with Crippen LogP contribution in [0.2, 0.25) is 0 Å². The number of benzene rings is 2. The van der Waals surface area contributed by atoms with E-state index in [1.54, 1.807) is 88.4 Å². The highest BCUT2D eigenvalue weighted by Crippen LogP contribution is 2.64. The van der Waals surface area contributed by atoms with Crippen LogP contribution in [0.3, 0.4) is 0 Å². The zero-order valence-electron chi connectivity index (χ0n) is 30.3. The predicted molar refractivity (Wildman–Crippen MR) is 185 cm³/mol. The van der Waals surface area contributed by atoms with Crippen molar-refractivity contribution in [2.45, 2.75) is 109 Å². The fourth-order valence-electron chi connectivity index (χ4n) is 9.17. The number of aliphatic hydroxyl groups excluding tert-OH is 1. The van der Waals surface area contributed by atoms with E-state index < -0.39 is 82.2 Å². The number of ketones is 1. The molecule has 3 N–H and O–H groups in total. The van der Waals surface area contributed by atoms with E-state index in [0.717, 1.165) is 0 Å². The summed E-state index contributed by atoms with van der Waals surface area (Å²) < 4.78 is 24.4.